The summed E-state index contributed by atoms with van der Waals surface area (Å²) in [4.78, 5) is 23.4. The van der Waals surface area contributed by atoms with Gasteiger partial charge in [-0.2, -0.15) is 0 Å². The normalized spacial score (nSPS) is 11.3. The van der Waals surface area contributed by atoms with Crippen molar-refractivity contribution >= 4 is 33.5 Å². The Kier molecular flexibility index (Phi) is 8.46. The Balaban J connectivity index is 2.62. The van der Waals surface area contributed by atoms with E-state index in [9.17, 15) is 14.7 Å². The van der Waals surface area contributed by atoms with Crippen molar-refractivity contribution in [3.8, 4) is 0 Å². The van der Waals surface area contributed by atoms with Crippen LogP contribution in [0.1, 0.15) is 75.2 Å². The van der Waals surface area contributed by atoms with E-state index in [1.54, 1.807) is 18.2 Å². The van der Waals surface area contributed by atoms with Gasteiger partial charge in [-0.15, -0.1) is 0 Å². The first kappa shape index (κ1) is 20.7. The number of hydrogen-bond acceptors (Lipinski definition) is 2. The largest absolute Gasteiger partial charge is 0.478 e. The number of carboxylic acid groups (broad SMARTS) is 1. The van der Waals surface area contributed by atoms with Gasteiger partial charge < -0.3 is 10.4 Å². The smallest absolute Gasteiger partial charge is 0.335 e. The first-order valence-electron chi connectivity index (χ1n) is 8.49. The number of amides is 1. The number of benzene rings is 1. The summed E-state index contributed by atoms with van der Waals surface area (Å²) in [5.41, 5.74) is 1.37. The van der Waals surface area contributed by atoms with Gasteiger partial charge in [0.1, 0.15) is 0 Å². The number of rotatable bonds is 9. The highest BCUT2D eigenvalue weighted by Gasteiger charge is 2.22. The van der Waals surface area contributed by atoms with Gasteiger partial charge in [-0.05, 0) is 42.0 Å². The summed E-state index contributed by atoms with van der Waals surface area (Å²) in [6.45, 7) is 5.90. The van der Waals surface area contributed by atoms with E-state index in [0.29, 0.717) is 12.1 Å². The van der Waals surface area contributed by atoms with E-state index in [1.165, 1.54) is 12.8 Å². The van der Waals surface area contributed by atoms with Crippen LogP contribution in [-0.2, 0) is 10.2 Å². The van der Waals surface area contributed by atoms with Crippen LogP contribution in [0.3, 0.4) is 0 Å². The third-order valence-electron chi connectivity index (χ3n) is 3.88. The molecule has 0 bridgehead atoms. The van der Waals surface area contributed by atoms with Gasteiger partial charge >= 0.3 is 5.97 Å². The number of alkyl halides is 1. The minimum Gasteiger partial charge on any atom is -0.478 e. The van der Waals surface area contributed by atoms with Crippen molar-refractivity contribution in [1.29, 1.82) is 0 Å². The molecule has 1 rings (SSSR count). The summed E-state index contributed by atoms with van der Waals surface area (Å²) in [5, 5.41) is 13.2. The zero-order chi connectivity index (χ0) is 18.2. The summed E-state index contributed by atoms with van der Waals surface area (Å²) < 4.78 is 0. The van der Waals surface area contributed by atoms with E-state index in [-0.39, 0.29) is 16.9 Å². The number of halogens is 1. The standard InChI is InChI=1S/C19H28BrNO3/c1-19(2,3)16-13-14(10-11-15(16)18(23)24)21-17(22)9-7-5-4-6-8-12-20/h10-11,13H,4-9,12H2,1-3H3,(H,21,22)(H,23,24). The lowest BCUT2D eigenvalue weighted by molar-refractivity contribution is -0.116. The van der Waals surface area contributed by atoms with E-state index in [1.807, 2.05) is 20.8 Å². The molecule has 134 valence electrons. The lowest BCUT2D eigenvalue weighted by atomic mass is 9.83. The van der Waals surface area contributed by atoms with Crippen LogP contribution >= 0.6 is 15.9 Å². The van der Waals surface area contributed by atoms with Crippen LogP contribution in [-0.4, -0.2) is 22.3 Å². The third-order valence-corrected chi connectivity index (χ3v) is 4.44. The summed E-state index contributed by atoms with van der Waals surface area (Å²) >= 11 is 3.41. The molecule has 1 aromatic rings. The van der Waals surface area contributed by atoms with E-state index in [2.05, 4.69) is 21.2 Å². The van der Waals surface area contributed by atoms with Gasteiger partial charge in [0.25, 0.3) is 0 Å². The minimum absolute atomic E-state index is 0.0153. The van der Waals surface area contributed by atoms with Gasteiger partial charge in [0.15, 0.2) is 0 Å². The van der Waals surface area contributed by atoms with Crippen LogP contribution in [0.15, 0.2) is 18.2 Å². The maximum Gasteiger partial charge on any atom is 0.335 e. The second-order valence-corrected chi connectivity index (χ2v) is 7.86. The number of carbonyl (C=O) groups excluding carboxylic acids is 1. The average molecular weight is 398 g/mol. The molecule has 0 saturated heterocycles. The monoisotopic (exact) mass is 397 g/mol. The highest BCUT2D eigenvalue weighted by molar-refractivity contribution is 9.09. The van der Waals surface area contributed by atoms with Crippen LogP contribution in [0.5, 0.6) is 0 Å². The second-order valence-electron chi connectivity index (χ2n) is 7.07. The molecule has 0 unspecified atom stereocenters. The van der Waals surface area contributed by atoms with Crippen molar-refractivity contribution in [1.82, 2.24) is 0 Å². The summed E-state index contributed by atoms with van der Waals surface area (Å²) in [7, 11) is 0. The number of carboxylic acids is 1. The molecule has 2 N–H and O–H groups in total. The molecule has 4 nitrogen and oxygen atoms in total. The number of anilines is 1. The molecule has 0 atom stereocenters. The molecule has 0 aliphatic carbocycles. The fraction of sp³-hybridized carbons (Fsp3) is 0.579. The van der Waals surface area contributed by atoms with Crippen molar-refractivity contribution in [2.45, 2.75) is 64.7 Å². The number of unbranched alkanes of at least 4 members (excludes halogenated alkanes) is 4. The van der Waals surface area contributed by atoms with E-state index < -0.39 is 5.97 Å². The molecule has 0 heterocycles. The number of aromatic carboxylic acids is 1. The topological polar surface area (TPSA) is 66.4 Å². The second kappa shape index (κ2) is 9.82. The summed E-state index contributed by atoms with van der Waals surface area (Å²) in [5.74, 6) is -0.959. The molecule has 1 amide bonds. The third kappa shape index (κ3) is 7.04. The molecule has 0 aliphatic heterocycles. The van der Waals surface area contributed by atoms with Crippen LogP contribution < -0.4 is 5.32 Å². The highest BCUT2D eigenvalue weighted by atomic mass is 79.9. The average Bonchev–Trinajstić information content (AvgIpc) is 2.49. The lowest BCUT2D eigenvalue weighted by Crippen LogP contribution is -2.18. The molecule has 0 radical (unpaired) electrons. The first-order chi connectivity index (χ1) is 11.3. The van der Waals surface area contributed by atoms with Gasteiger partial charge in [-0.1, -0.05) is 56.0 Å². The van der Waals surface area contributed by atoms with Crippen LogP contribution in [0.4, 0.5) is 5.69 Å². The molecular weight excluding hydrogens is 370 g/mol. The van der Waals surface area contributed by atoms with E-state index >= 15 is 0 Å². The van der Waals surface area contributed by atoms with E-state index in [0.717, 1.165) is 30.2 Å². The van der Waals surface area contributed by atoms with Crippen LogP contribution in [0.2, 0.25) is 0 Å². The molecule has 0 aromatic heterocycles. The molecule has 5 heteroatoms. The molecule has 24 heavy (non-hydrogen) atoms. The predicted molar refractivity (Wildman–Crippen MR) is 102 cm³/mol. The van der Waals surface area contributed by atoms with Crippen molar-refractivity contribution in [2.75, 3.05) is 10.6 Å². The van der Waals surface area contributed by atoms with Crippen LogP contribution in [0.25, 0.3) is 0 Å². The minimum atomic E-state index is -0.943. The van der Waals surface area contributed by atoms with Crippen LogP contribution in [0, 0.1) is 0 Å². The van der Waals surface area contributed by atoms with E-state index in [4.69, 9.17) is 0 Å². The van der Waals surface area contributed by atoms with Gasteiger partial charge in [0, 0.05) is 17.4 Å². The van der Waals surface area contributed by atoms with Gasteiger partial charge in [-0.3, -0.25) is 4.79 Å². The van der Waals surface area contributed by atoms with Gasteiger partial charge in [0.2, 0.25) is 5.91 Å². The molecule has 0 spiro atoms. The Morgan fingerprint density at radius 1 is 1.08 bits per heavy atom. The molecule has 0 fully saturated rings. The Morgan fingerprint density at radius 3 is 2.29 bits per heavy atom. The van der Waals surface area contributed by atoms with Crippen molar-refractivity contribution in [3.05, 3.63) is 29.3 Å². The Morgan fingerprint density at radius 2 is 1.71 bits per heavy atom. The maximum atomic E-state index is 12.0. The summed E-state index contributed by atoms with van der Waals surface area (Å²) in [6.07, 6.45) is 5.97. The van der Waals surface area contributed by atoms with Crippen molar-refractivity contribution in [2.24, 2.45) is 0 Å². The van der Waals surface area contributed by atoms with Crippen molar-refractivity contribution < 1.29 is 14.7 Å². The number of carbonyl (C=O) groups is 2. The zero-order valence-electron chi connectivity index (χ0n) is 14.8. The Labute approximate surface area is 153 Å². The zero-order valence-corrected chi connectivity index (χ0v) is 16.4. The number of hydrogen-bond donors (Lipinski definition) is 2. The Bertz CT molecular complexity index is 564. The first-order valence-corrected chi connectivity index (χ1v) is 9.61. The fourth-order valence-corrected chi connectivity index (χ4v) is 2.96. The molecular formula is C19H28BrNO3. The fourth-order valence-electron chi connectivity index (χ4n) is 2.56. The molecule has 0 aliphatic rings. The Hall–Kier alpha value is -1.36. The van der Waals surface area contributed by atoms with Crippen molar-refractivity contribution in [3.63, 3.8) is 0 Å². The summed E-state index contributed by atoms with van der Waals surface area (Å²) in [6, 6.07) is 5.00. The van der Waals surface area contributed by atoms with Gasteiger partial charge in [0.05, 0.1) is 5.56 Å². The van der Waals surface area contributed by atoms with Gasteiger partial charge in [-0.25, -0.2) is 4.79 Å². The number of nitrogens with one attached hydrogen (secondary N) is 1. The quantitative estimate of drug-likeness (QED) is 0.435. The molecule has 1 aromatic carbocycles. The SMILES string of the molecule is CC(C)(C)c1cc(NC(=O)CCCCCCCBr)ccc1C(=O)O. The predicted octanol–water partition coefficient (Wildman–Crippen LogP) is 5.36. The highest BCUT2D eigenvalue weighted by Crippen LogP contribution is 2.29. The maximum absolute atomic E-state index is 12.0. The molecule has 0 saturated carbocycles. The lowest BCUT2D eigenvalue weighted by Gasteiger charge is -2.22.